The molecule has 0 heterocycles. The highest BCUT2D eigenvalue weighted by Gasteiger charge is 1.96. The van der Waals surface area contributed by atoms with Crippen molar-refractivity contribution in [1.82, 2.24) is 0 Å². The number of amidine groups is 1. The molecule has 0 aromatic heterocycles. The van der Waals surface area contributed by atoms with Crippen molar-refractivity contribution in [2.45, 2.75) is 13.0 Å². The fraction of sp³-hybridized carbons (Fsp3) is 0.333. The number of benzene rings is 1. The fourth-order valence-electron chi connectivity index (χ4n) is 1.12. The Morgan fingerprint density at radius 3 is 2.71 bits per heavy atom. The summed E-state index contributed by atoms with van der Waals surface area (Å²) in [6, 6.07) is 9.15. The predicted molar refractivity (Wildman–Crippen MR) is 64.1 cm³/mol. The van der Waals surface area contributed by atoms with Crippen LogP contribution < -0.4 is 5.73 Å². The number of rotatable bonds is 6. The summed E-state index contributed by atoms with van der Waals surface area (Å²) < 4.78 is 4.86. The molecule has 17 heavy (non-hydrogen) atoms. The van der Waals surface area contributed by atoms with Crippen LogP contribution in [0.3, 0.4) is 0 Å². The lowest BCUT2D eigenvalue weighted by atomic mass is 10.2. The second kappa shape index (κ2) is 7.25. The molecule has 90 valence electrons. The zero-order valence-corrected chi connectivity index (χ0v) is 9.72. The van der Waals surface area contributed by atoms with Crippen LogP contribution in [-0.4, -0.2) is 19.6 Å². The number of nitriles is 1. The van der Waals surface area contributed by atoms with E-state index in [0.717, 1.165) is 5.56 Å². The molecule has 0 aliphatic carbocycles. The summed E-state index contributed by atoms with van der Waals surface area (Å²) >= 11 is 0. The van der Waals surface area contributed by atoms with Gasteiger partial charge in [0.1, 0.15) is 12.4 Å². The lowest BCUT2D eigenvalue weighted by molar-refractivity contribution is 0.128. The van der Waals surface area contributed by atoms with E-state index in [2.05, 4.69) is 5.16 Å². The maximum atomic E-state index is 8.63. The van der Waals surface area contributed by atoms with Crippen molar-refractivity contribution in [3.05, 3.63) is 35.4 Å². The first kappa shape index (κ1) is 13.0. The SMILES string of the molecule is COCC/C(N)=N/OCc1ccc(C#N)cc1. The molecule has 0 aliphatic rings. The molecule has 0 saturated heterocycles. The Morgan fingerprint density at radius 1 is 1.41 bits per heavy atom. The molecule has 0 spiro atoms. The monoisotopic (exact) mass is 233 g/mol. The van der Waals surface area contributed by atoms with E-state index in [1.165, 1.54) is 0 Å². The molecule has 5 nitrogen and oxygen atoms in total. The standard InChI is InChI=1S/C12H15N3O2/c1-16-7-6-12(14)15-17-9-11-4-2-10(8-13)3-5-11/h2-5H,6-7,9H2,1H3,(H2,14,15). The number of hydrogen-bond donors (Lipinski definition) is 1. The molecule has 2 N–H and O–H groups in total. The molecular formula is C12H15N3O2. The van der Waals surface area contributed by atoms with E-state index in [1.54, 1.807) is 19.2 Å². The van der Waals surface area contributed by atoms with Gasteiger partial charge in [0, 0.05) is 13.5 Å². The van der Waals surface area contributed by atoms with E-state index >= 15 is 0 Å². The highest BCUT2D eigenvalue weighted by molar-refractivity contribution is 5.79. The molecule has 0 radical (unpaired) electrons. The van der Waals surface area contributed by atoms with E-state index < -0.39 is 0 Å². The number of hydrogen-bond acceptors (Lipinski definition) is 4. The molecule has 0 fully saturated rings. The lowest BCUT2D eigenvalue weighted by Gasteiger charge is -2.02. The summed E-state index contributed by atoms with van der Waals surface area (Å²) in [7, 11) is 1.60. The number of ether oxygens (including phenoxy) is 1. The summed E-state index contributed by atoms with van der Waals surface area (Å²) in [4.78, 5) is 5.08. The van der Waals surface area contributed by atoms with Crippen LogP contribution in [0.25, 0.3) is 0 Å². The third-order valence-electron chi connectivity index (χ3n) is 2.06. The van der Waals surface area contributed by atoms with Crippen LogP contribution in [0.4, 0.5) is 0 Å². The van der Waals surface area contributed by atoms with Gasteiger partial charge in [0.05, 0.1) is 18.2 Å². The van der Waals surface area contributed by atoms with Gasteiger partial charge in [-0.05, 0) is 17.7 Å². The van der Waals surface area contributed by atoms with Crippen molar-refractivity contribution < 1.29 is 9.57 Å². The molecule has 0 unspecified atom stereocenters. The summed E-state index contributed by atoms with van der Waals surface area (Å²) in [5.41, 5.74) is 7.13. The molecule has 0 amide bonds. The lowest BCUT2D eigenvalue weighted by Crippen LogP contribution is -2.14. The first-order valence-electron chi connectivity index (χ1n) is 5.18. The normalized spacial score (nSPS) is 10.9. The molecular weight excluding hydrogens is 218 g/mol. The zero-order chi connectivity index (χ0) is 12.5. The van der Waals surface area contributed by atoms with Crippen LogP contribution in [0.1, 0.15) is 17.5 Å². The molecule has 0 aliphatic heterocycles. The maximum absolute atomic E-state index is 8.63. The van der Waals surface area contributed by atoms with Crippen molar-refractivity contribution >= 4 is 5.84 Å². The van der Waals surface area contributed by atoms with Crippen molar-refractivity contribution in [2.75, 3.05) is 13.7 Å². The Morgan fingerprint density at radius 2 is 2.12 bits per heavy atom. The van der Waals surface area contributed by atoms with Crippen molar-refractivity contribution in [2.24, 2.45) is 10.9 Å². The average Bonchev–Trinajstić information content (AvgIpc) is 2.37. The van der Waals surface area contributed by atoms with E-state index in [9.17, 15) is 0 Å². The average molecular weight is 233 g/mol. The molecule has 1 aromatic rings. The zero-order valence-electron chi connectivity index (χ0n) is 9.72. The molecule has 0 atom stereocenters. The highest BCUT2D eigenvalue weighted by Crippen LogP contribution is 2.04. The molecule has 1 rings (SSSR count). The third kappa shape index (κ3) is 5.00. The third-order valence-corrected chi connectivity index (χ3v) is 2.06. The summed E-state index contributed by atoms with van der Waals surface area (Å²) in [5.74, 6) is 0.403. The van der Waals surface area contributed by atoms with Gasteiger partial charge in [0.15, 0.2) is 0 Å². The van der Waals surface area contributed by atoms with Gasteiger partial charge in [-0.25, -0.2) is 0 Å². The number of oxime groups is 1. The summed E-state index contributed by atoms with van der Waals surface area (Å²) in [5, 5.41) is 12.4. The van der Waals surface area contributed by atoms with Gasteiger partial charge in [-0.15, -0.1) is 0 Å². The van der Waals surface area contributed by atoms with E-state index in [-0.39, 0.29) is 0 Å². The highest BCUT2D eigenvalue weighted by atomic mass is 16.6. The van der Waals surface area contributed by atoms with Gasteiger partial charge in [-0.2, -0.15) is 5.26 Å². The molecule has 0 saturated carbocycles. The minimum atomic E-state index is 0.333. The quantitative estimate of drug-likeness (QED) is 0.457. The Hall–Kier alpha value is -2.06. The summed E-state index contributed by atoms with van der Waals surface area (Å²) in [6.45, 7) is 0.856. The minimum Gasteiger partial charge on any atom is -0.390 e. The van der Waals surface area contributed by atoms with E-state index in [1.807, 2.05) is 18.2 Å². The number of nitrogens with two attached hydrogens (primary N) is 1. The van der Waals surface area contributed by atoms with Crippen molar-refractivity contribution in [1.29, 1.82) is 5.26 Å². The molecule has 0 bridgehead atoms. The van der Waals surface area contributed by atoms with Crippen molar-refractivity contribution in [3.63, 3.8) is 0 Å². The van der Waals surface area contributed by atoms with Crippen molar-refractivity contribution in [3.8, 4) is 6.07 Å². The number of nitrogens with zero attached hydrogens (tertiary/aromatic N) is 2. The Balaban J connectivity index is 2.37. The van der Waals surface area contributed by atoms with E-state index in [4.69, 9.17) is 20.6 Å². The first-order valence-corrected chi connectivity index (χ1v) is 5.18. The van der Waals surface area contributed by atoms with Crippen LogP contribution in [-0.2, 0) is 16.2 Å². The Labute approximate surface area is 100 Å². The van der Waals surface area contributed by atoms with Crippen LogP contribution >= 0.6 is 0 Å². The number of methoxy groups -OCH3 is 1. The summed E-state index contributed by atoms with van der Waals surface area (Å²) in [6.07, 6.45) is 0.546. The van der Waals surface area contributed by atoms with Crippen LogP contribution in [0, 0.1) is 11.3 Å². The van der Waals surface area contributed by atoms with Crippen LogP contribution in [0.2, 0.25) is 0 Å². The Kier molecular flexibility index (Phi) is 5.55. The maximum Gasteiger partial charge on any atom is 0.142 e. The Bertz CT molecular complexity index is 407. The van der Waals surface area contributed by atoms with Crippen LogP contribution in [0.5, 0.6) is 0 Å². The predicted octanol–water partition coefficient (Wildman–Crippen LogP) is 1.38. The topological polar surface area (TPSA) is 80.6 Å². The molecule has 1 aromatic carbocycles. The van der Waals surface area contributed by atoms with Crippen LogP contribution in [0.15, 0.2) is 29.4 Å². The van der Waals surface area contributed by atoms with Gasteiger partial charge in [-0.1, -0.05) is 17.3 Å². The second-order valence-electron chi connectivity index (χ2n) is 3.41. The first-order chi connectivity index (χ1) is 8.26. The second-order valence-corrected chi connectivity index (χ2v) is 3.41. The fourth-order valence-corrected chi connectivity index (χ4v) is 1.12. The minimum absolute atomic E-state index is 0.333. The largest absolute Gasteiger partial charge is 0.390 e. The van der Waals surface area contributed by atoms with Gasteiger partial charge in [-0.3, -0.25) is 0 Å². The van der Waals surface area contributed by atoms with Gasteiger partial charge < -0.3 is 15.3 Å². The van der Waals surface area contributed by atoms with Gasteiger partial charge >= 0.3 is 0 Å². The van der Waals surface area contributed by atoms with E-state index in [0.29, 0.717) is 31.0 Å². The van der Waals surface area contributed by atoms with Gasteiger partial charge in [0.25, 0.3) is 0 Å². The smallest absolute Gasteiger partial charge is 0.142 e. The van der Waals surface area contributed by atoms with Gasteiger partial charge in [0.2, 0.25) is 0 Å². The molecule has 5 heteroatoms.